The maximum atomic E-state index is 12.0. The molecule has 0 atom stereocenters. The van der Waals surface area contributed by atoms with Crippen LogP contribution in [0.25, 0.3) is 0 Å². The molecule has 0 aliphatic carbocycles. The van der Waals surface area contributed by atoms with Crippen LogP contribution in [-0.2, 0) is 17.8 Å². The molecule has 0 radical (unpaired) electrons. The molecule has 3 rings (SSSR count). The molecule has 0 spiro atoms. The van der Waals surface area contributed by atoms with Crippen LogP contribution in [0.15, 0.2) is 42.5 Å². The van der Waals surface area contributed by atoms with Crippen molar-refractivity contribution in [3.05, 3.63) is 64.2 Å². The molecule has 4 heteroatoms. The Labute approximate surface area is 122 Å². The first-order valence-corrected chi connectivity index (χ1v) is 6.88. The van der Waals surface area contributed by atoms with E-state index >= 15 is 0 Å². The number of carbonyl (C=O) groups excluding carboxylic acids is 1. The smallest absolute Gasteiger partial charge is 0.338 e. The molecule has 0 saturated heterocycles. The third-order valence-corrected chi connectivity index (χ3v) is 3.59. The van der Waals surface area contributed by atoms with Crippen LogP contribution in [0.4, 0.5) is 5.69 Å². The fraction of sp³-hybridized carbons (Fsp3) is 0.188. The molecular formula is C16H14ClNO2. The molecule has 0 aromatic heterocycles. The number of benzene rings is 2. The minimum absolute atomic E-state index is 0.251. The Morgan fingerprint density at radius 3 is 2.80 bits per heavy atom. The van der Waals surface area contributed by atoms with Crippen LogP contribution in [0.2, 0.25) is 5.02 Å². The molecule has 1 aliphatic heterocycles. The van der Waals surface area contributed by atoms with Crippen LogP contribution in [0.3, 0.4) is 0 Å². The van der Waals surface area contributed by atoms with Crippen molar-refractivity contribution < 1.29 is 9.53 Å². The van der Waals surface area contributed by atoms with Gasteiger partial charge in [0.15, 0.2) is 0 Å². The van der Waals surface area contributed by atoms with Gasteiger partial charge in [-0.25, -0.2) is 4.79 Å². The van der Waals surface area contributed by atoms with Crippen molar-refractivity contribution in [2.75, 3.05) is 11.9 Å². The molecular weight excluding hydrogens is 274 g/mol. The lowest BCUT2D eigenvalue weighted by Crippen LogP contribution is -2.05. The van der Waals surface area contributed by atoms with Gasteiger partial charge in [0.25, 0.3) is 0 Å². The second-order valence-electron chi connectivity index (χ2n) is 4.75. The van der Waals surface area contributed by atoms with Gasteiger partial charge in [0.1, 0.15) is 6.61 Å². The van der Waals surface area contributed by atoms with Crippen LogP contribution in [0, 0.1) is 0 Å². The van der Waals surface area contributed by atoms with Crippen LogP contribution >= 0.6 is 11.6 Å². The number of esters is 1. The molecule has 1 N–H and O–H groups in total. The highest BCUT2D eigenvalue weighted by Crippen LogP contribution is 2.23. The minimum atomic E-state index is -0.309. The molecule has 2 aromatic carbocycles. The largest absolute Gasteiger partial charge is 0.457 e. The summed E-state index contributed by atoms with van der Waals surface area (Å²) in [7, 11) is 0. The Morgan fingerprint density at radius 2 is 2.00 bits per heavy atom. The number of hydrogen-bond acceptors (Lipinski definition) is 3. The van der Waals surface area contributed by atoms with Gasteiger partial charge >= 0.3 is 5.97 Å². The average Bonchev–Trinajstić information content (AvgIpc) is 2.93. The molecule has 3 nitrogen and oxygen atoms in total. The molecule has 0 saturated carbocycles. The fourth-order valence-corrected chi connectivity index (χ4v) is 2.36. The lowest BCUT2D eigenvalue weighted by molar-refractivity contribution is 0.0473. The first-order chi connectivity index (χ1) is 9.72. The minimum Gasteiger partial charge on any atom is -0.457 e. The van der Waals surface area contributed by atoms with Crippen LogP contribution in [-0.4, -0.2) is 12.5 Å². The van der Waals surface area contributed by atoms with Gasteiger partial charge in [-0.1, -0.05) is 29.8 Å². The van der Waals surface area contributed by atoms with E-state index in [1.807, 2.05) is 30.3 Å². The van der Waals surface area contributed by atoms with E-state index in [9.17, 15) is 4.79 Å². The number of nitrogens with one attached hydrogen (secondary N) is 1. The van der Waals surface area contributed by atoms with E-state index in [1.54, 1.807) is 12.1 Å². The standard InChI is InChI=1S/C16H14ClNO2/c17-14-5-1-11(2-6-14)10-20-16(19)13-4-3-12-7-8-18-15(12)9-13/h1-6,9,18H,7-8,10H2. The quantitative estimate of drug-likeness (QED) is 0.876. The van der Waals surface area contributed by atoms with Gasteiger partial charge in [0.05, 0.1) is 5.56 Å². The Kier molecular flexibility index (Phi) is 3.61. The highest BCUT2D eigenvalue weighted by molar-refractivity contribution is 6.30. The third kappa shape index (κ3) is 2.78. The van der Waals surface area contributed by atoms with E-state index in [0.29, 0.717) is 10.6 Å². The summed E-state index contributed by atoms with van der Waals surface area (Å²) in [6.45, 7) is 1.18. The highest BCUT2D eigenvalue weighted by atomic mass is 35.5. The topological polar surface area (TPSA) is 38.3 Å². The van der Waals surface area contributed by atoms with Crippen LogP contribution < -0.4 is 5.32 Å². The summed E-state index contributed by atoms with van der Waals surface area (Å²) in [6, 6.07) is 12.9. The Bertz CT molecular complexity index is 637. The van der Waals surface area contributed by atoms with Gasteiger partial charge in [-0.2, -0.15) is 0 Å². The van der Waals surface area contributed by atoms with Crippen LogP contribution in [0.5, 0.6) is 0 Å². The maximum Gasteiger partial charge on any atom is 0.338 e. The summed E-state index contributed by atoms with van der Waals surface area (Å²) in [5, 5.41) is 3.92. The van der Waals surface area contributed by atoms with Gasteiger partial charge in [-0.15, -0.1) is 0 Å². The molecule has 0 unspecified atom stereocenters. The number of halogens is 1. The molecule has 102 valence electrons. The van der Waals surface area contributed by atoms with Crippen LogP contribution in [0.1, 0.15) is 21.5 Å². The predicted molar refractivity (Wildman–Crippen MR) is 79.2 cm³/mol. The number of ether oxygens (including phenoxy) is 1. The van der Waals surface area contributed by atoms with Crippen molar-refractivity contribution in [2.24, 2.45) is 0 Å². The predicted octanol–water partition coefficient (Wildman–Crippen LogP) is 3.67. The van der Waals surface area contributed by atoms with Crippen molar-refractivity contribution in [3.63, 3.8) is 0 Å². The zero-order chi connectivity index (χ0) is 13.9. The molecule has 20 heavy (non-hydrogen) atoms. The average molecular weight is 288 g/mol. The summed E-state index contributed by atoms with van der Waals surface area (Å²) in [5.74, 6) is -0.309. The number of rotatable bonds is 3. The summed E-state index contributed by atoms with van der Waals surface area (Å²) in [6.07, 6.45) is 1.01. The van der Waals surface area contributed by atoms with E-state index in [2.05, 4.69) is 5.32 Å². The third-order valence-electron chi connectivity index (χ3n) is 3.34. The fourth-order valence-electron chi connectivity index (χ4n) is 2.23. The van der Waals surface area contributed by atoms with Gasteiger partial charge in [-0.05, 0) is 41.8 Å². The second kappa shape index (κ2) is 5.55. The SMILES string of the molecule is O=C(OCc1ccc(Cl)cc1)c1ccc2c(c1)NCC2. The number of hydrogen-bond donors (Lipinski definition) is 1. The normalized spacial score (nSPS) is 12.7. The van der Waals surface area contributed by atoms with Crippen molar-refractivity contribution in [1.82, 2.24) is 0 Å². The summed E-state index contributed by atoms with van der Waals surface area (Å²) < 4.78 is 5.30. The number of carbonyl (C=O) groups is 1. The Morgan fingerprint density at radius 1 is 1.20 bits per heavy atom. The van der Waals surface area contributed by atoms with Crippen molar-refractivity contribution in [2.45, 2.75) is 13.0 Å². The van der Waals surface area contributed by atoms with Gasteiger partial charge in [0, 0.05) is 17.3 Å². The van der Waals surface area contributed by atoms with Crippen molar-refractivity contribution in [3.8, 4) is 0 Å². The Balaban J connectivity index is 1.66. The summed E-state index contributed by atoms with van der Waals surface area (Å²) in [4.78, 5) is 12.0. The maximum absolute atomic E-state index is 12.0. The summed E-state index contributed by atoms with van der Waals surface area (Å²) in [5.41, 5.74) is 3.78. The molecule has 0 bridgehead atoms. The van der Waals surface area contributed by atoms with E-state index in [-0.39, 0.29) is 12.6 Å². The van der Waals surface area contributed by atoms with Gasteiger partial charge in [0.2, 0.25) is 0 Å². The zero-order valence-electron chi connectivity index (χ0n) is 10.9. The molecule has 0 fully saturated rings. The van der Waals surface area contributed by atoms with E-state index < -0.39 is 0 Å². The van der Waals surface area contributed by atoms with E-state index in [4.69, 9.17) is 16.3 Å². The molecule has 1 aliphatic rings. The molecule has 1 heterocycles. The Hall–Kier alpha value is -2.00. The number of anilines is 1. The van der Waals surface area contributed by atoms with Crippen molar-refractivity contribution in [1.29, 1.82) is 0 Å². The number of fused-ring (bicyclic) bond motifs is 1. The van der Waals surface area contributed by atoms with E-state index in [1.165, 1.54) is 5.56 Å². The molecule has 2 aromatic rings. The zero-order valence-corrected chi connectivity index (χ0v) is 11.6. The molecule has 0 amide bonds. The first-order valence-electron chi connectivity index (χ1n) is 6.51. The highest BCUT2D eigenvalue weighted by Gasteiger charge is 2.14. The van der Waals surface area contributed by atoms with Crippen molar-refractivity contribution >= 4 is 23.3 Å². The second-order valence-corrected chi connectivity index (χ2v) is 5.19. The van der Waals surface area contributed by atoms with Gasteiger partial charge in [-0.3, -0.25) is 0 Å². The summed E-state index contributed by atoms with van der Waals surface area (Å²) >= 11 is 5.81. The lowest BCUT2D eigenvalue weighted by atomic mass is 10.1. The van der Waals surface area contributed by atoms with Gasteiger partial charge < -0.3 is 10.1 Å². The first kappa shape index (κ1) is 13.0. The lowest BCUT2D eigenvalue weighted by Gasteiger charge is -2.07. The monoisotopic (exact) mass is 287 g/mol. The van der Waals surface area contributed by atoms with E-state index in [0.717, 1.165) is 24.2 Å².